The lowest BCUT2D eigenvalue weighted by Gasteiger charge is -2.27. The molecule has 1 fully saturated rings. The van der Waals surface area contributed by atoms with Crippen LogP contribution >= 0.6 is 0 Å². The topological polar surface area (TPSA) is 15.3 Å². The first-order valence-corrected chi connectivity index (χ1v) is 8.25. The highest BCUT2D eigenvalue weighted by Crippen LogP contribution is 2.24. The molecule has 0 amide bonds. The van der Waals surface area contributed by atoms with E-state index in [2.05, 4.69) is 48.5 Å². The maximum Gasteiger partial charge on any atom is 0.0230 e. The van der Waals surface area contributed by atoms with Gasteiger partial charge < -0.3 is 10.2 Å². The summed E-state index contributed by atoms with van der Waals surface area (Å²) in [5.41, 5.74) is 2.81. The second-order valence-electron chi connectivity index (χ2n) is 6.30. The zero-order valence-electron chi connectivity index (χ0n) is 13.2. The first-order valence-electron chi connectivity index (χ1n) is 8.25. The number of rotatable bonds is 7. The first-order chi connectivity index (χ1) is 9.78. The van der Waals surface area contributed by atoms with E-state index in [9.17, 15) is 0 Å². The summed E-state index contributed by atoms with van der Waals surface area (Å²) in [5.74, 6) is 0.932. The molecule has 1 aromatic rings. The van der Waals surface area contributed by atoms with Gasteiger partial charge in [0, 0.05) is 19.6 Å². The van der Waals surface area contributed by atoms with Crippen molar-refractivity contribution in [2.45, 2.75) is 52.1 Å². The molecule has 0 atom stereocenters. The van der Waals surface area contributed by atoms with Gasteiger partial charge in [0.15, 0.2) is 0 Å². The van der Waals surface area contributed by atoms with Gasteiger partial charge in [0.1, 0.15) is 0 Å². The molecule has 1 saturated carbocycles. The predicted molar refractivity (Wildman–Crippen MR) is 86.7 cm³/mol. The first kappa shape index (κ1) is 15.5. The molecular formula is C18H30N2. The van der Waals surface area contributed by atoms with Gasteiger partial charge in [-0.2, -0.15) is 0 Å². The van der Waals surface area contributed by atoms with Crippen molar-refractivity contribution in [3.63, 3.8) is 0 Å². The normalized spacial score (nSPS) is 16.8. The second kappa shape index (κ2) is 8.43. The summed E-state index contributed by atoms with van der Waals surface area (Å²) < 4.78 is 0. The SMILES string of the molecule is CCNCc1ccc(CN(C)CC2CCCCC2)cc1. The summed E-state index contributed by atoms with van der Waals surface area (Å²) in [7, 11) is 2.27. The van der Waals surface area contributed by atoms with Crippen LogP contribution in [-0.2, 0) is 13.1 Å². The van der Waals surface area contributed by atoms with Gasteiger partial charge in [0.25, 0.3) is 0 Å². The summed E-state index contributed by atoms with van der Waals surface area (Å²) in [6, 6.07) is 9.08. The van der Waals surface area contributed by atoms with Gasteiger partial charge >= 0.3 is 0 Å². The Hall–Kier alpha value is -0.860. The van der Waals surface area contributed by atoms with Crippen molar-refractivity contribution in [2.24, 2.45) is 5.92 Å². The minimum atomic E-state index is 0.932. The number of nitrogens with one attached hydrogen (secondary N) is 1. The van der Waals surface area contributed by atoms with E-state index in [0.29, 0.717) is 0 Å². The van der Waals surface area contributed by atoms with Crippen LogP contribution in [0.5, 0.6) is 0 Å². The molecule has 1 aliphatic carbocycles. The molecule has 1 aromatic carbocycles. The molecular weight excluding hydrogens is 244 g/mol. The minimum absolute atomic E-state index is 0.932. The van der Waals surface area contributed by atoms with Crippen LogP contribution in [-0.4, -0.2) is 25.0 Å². The molecule has 0 saturated heterocycles. The summed E-state index contributed by atoms with van der Waals surface area (Å²) >= 11 is 0. The number of nitrogens with zero attached hydrogens (tertiary/aromatic N) is 1. The lowest BCUT2D eigenvalue weighted by Crippen LogP contribution is -2.26. The molecule has 0 aliphatic heterocycles. The molecule has 2 nitrogen and oxygen atoms in total. The molecule has 0 aromatic heterocycles. The lowest BCUT2D eigenvalue weighted by atomic mass is 9.89. The van der Waals surface area contributed by atoms with Crippen LogP contribution in [0.2, 0.25) is 0 Å². The minimum Gasteiger partial charge on any atom is -0.313 e. The maximum absolute atomic E-state index is 3.37. The van der Waals surface area contributed by atoms with Crippen molar-refractivity contribution in [2.75, 3.05) is 20.1 Å². The Balaban J connectivity index is 1.76. The summed E-state index contributed by atoms with van der Waals surface area (Å²) in [6.45, 7) is 6.51. The average Bonchev–Trinajstić information content (AvgIpc) is 2.47. The van der Waals surface area contributed by atoms with E-state index >= 15 is 0 Å². The summed E-state index contributed by atoms with van der Waals surface area (Å²) in [5, 5.41) is 3.37. The van der Waals surface area contributed by atoms with E-state index in [-0.39, 0.29) is 0 Å². The van der Waals surface area contributed by atoms with Crippen LogP contribution in [0.3, 0.4) is 0 Å². The molecule has 0 spiro atoms. The van der Waals surface area contributed by atoms with Crippen LogP contribution in [0, 0.1) is 5.92 Å². The van der Waals surface area contributed by atoms with Crippen LogP contribution in [0.15, 0.2) is 24.3 Å². The van der Waals surface area contributed by atoms with Gasteiger partial charge in [-0.25, -0.2) is 0 Å². The van der Waals surface area contributed by atoms with Crippen LogP contribution < -0.4 is 5.32 Å². The molecule has 0 radical (unpaired) electrons. The Morgan fingerprint density at radius 3 is 2.35 bits per heavy atom. The molecule has 20 heavy (non-hydrogen) atoms. The largest absolute Gasteiger partial charge is 0.313 e. The van der Waals surface area contributed by atoms with Crippen molar-refractivity contribution in [1.82, 2.24) is 10.2 Å². The second-order valence-corrected chi connectivity index (χ2v) is 6.30. The van der Waals surface area contributed by atoms with Gasteiger partial charge in [-0.3, -0.25) is 0 Å². The molecule has 2 heteroatoms. The summed E-state index contributed by atoms with van der Waals surface area (Å²) in [6.07, 6.45) is 7.21. The van der Waals surface area contributed by atoms with E-state index in [4.69, 9.17) is 0 Å². The molecule has 2 rings (SSSR count). The van der Waals surface area contributed by atoms with E-state index in [0.717, 1.165) is 25.6 Å². The van der Waals surface area contributed by atoms with Gasteiger partial charge in [-0.05, 0) is 43.5 Å². The smallest absolute Gasteiger partial charge is 0.0230 e. The standard InChI is InChI=1S/C18H30N2/c1-3-19-13-16-9-11-18(12-10-16)15-20(2)14-17-7-5-4-6-8-17/h9-12,17,19H,3-8,13-15H2,1-2H3. The highest BCUT2D eigenvalue weighted by atomic mass is 15.1. The fraction of sp³-hybridized carbons (Fsp3) is 0.667. The van der Waals surface area contributed by atoms with Crippen LogP contribution in [0.25, 0.3) is 0 Å². The van der Waals surface area contributed by atoms with E-state index in [1.807, 2.05) is 0 Å². The fourth-order valence-electron chi connectivity index (χ4n) is 3.22. The Bertz CT molecular complexity index is 366. The molecule has 1 aliphatic rings. The molecule has 0 unspecified atom stereocenters. The summed E-state index contributed by atoms with van der Waals surface area (Å²) in [4.78, 5) is 2.50. The molecule has 0 heterocycles. The molecule has 1 N–H and O–H groups in total. The Kier molecular flexibility index (Phi) is 6.55. The molecule has 0 bridgehead atoms. The number of hydrogen-bond donors (Lipinski definition) is 1. The number of hydrogen-bond acceptors (Lipinski definition) is 2. The highest BCUT2D eigenvalue weighted by Gasteiger charge is 2.15. The van der Waals surface area contributed by atoms with Crippen molar-refractivity contribution >= 4 is 0 Å². The average molecular weight is 274 g/mol. The van der Waals surface area contributed by atoms with Crippen molar-refractivity contribution in [3.8, 4) is 0 Å². The van der Waals surface area contributed by atoms with E-state index in [1.165, 1.54) is 49.8 Å². The van der Waals surface area contributed by atoms with Gasteiger partial charge in [0.2, 0.25) is 0 Å². The van der Waals surface area contributed by atoms with E-state index in [1.54, 1.807) is 0 Å². The van der Waals surface area contributed by atoms with Crippen molar-refractivity contribution in [1.29, 1.82) is 0 Å². The zero-order valence-corrected chi connectivity index (χ0v) is 13.2. The Morgan fingerprint density at radius 1 is 1.05 bits per heavy atom. The predicted octanol–water partition coefficient (Wildman–Crippen LogP) is 3.81. The maximum atomic E-state index is 3.37. The Morgan fingerprint density at radius 2 is 1.70 bits per heavy atom. The van der Waals surface area contributed by atoms with Crippen molar-refractivity contribution in [3.05, 3.63) is 35.4 Å². The number of benzene rings is 1. The monoisotopic (exact) mass is 274 g/mol. The molecule has 112 valence electrons. The third-order valence-corrected chi connectivity index (χ3v) is 4.35. The fourth-order valence-corrected chi connectivity index (χ4v) is 3.22. The van der Waals surface area contributed by atoms with Crippen molar-refractivity contribution < 1.29 is 0 Å². The third kappa shape index (κ3) is 5.26. The quantitative estimate of drug-likeness (QED) is 0.813. The van der Waals surface area contributed by atoms with Crippen LogP contribution in [0.1, 0.15) is 50.2 Å². The van der Waals surface area contributed by atoms with Crippen LogP contribution in [0.4, 0.5) is 0 Å². The third-order valence-electron chi connectivity index (χ3n) is 4.35. The van der Waals surface area contributed by atoms with Gasteiger partial charge in [-0.15, -0.1) is 0 Å². The highest BCUT2D eigenvalue weighted by molar-refractivity contribution is 5.22. The van der Waals surface area contributed by atoms with Gasteiger partial charge in [-0.1, -0.05) is 50.5 Å². The lowest BCUT2D eigenvalue weighted by molar-refractivity contribution is 0.228. The van der Waals surface area contributed by atoms with E-state index < -0.39 is 0 Å². The zero-order chi connectivity index (χ0) is 14.2. The van der Waals surface area contributed by atoms with Gasteiger partial charge in [0.05, 0.1) is 0 Å². The Labute approximate surface area is 124 Å².